The molecule has 31 heavy (non-hydrogen) atoms. The lowest BCUT2D eigenvalue weighted by Gasteiger charge is -2.61. The van der Waals surface area contributed by atoms with E-state index in [9.17, 15) is 4.79 Å². The SMILES string of the molecule is CCCCCCCCSCN1CC[C@H]2[C@@H]3CCC4C(C)C(=O)CC[C@]4(C)[C@@H]3CC[C@@]21C. The highest BCUT2D eigenvalue weighted by Gasteiger charge is 2.60. The van der Waals surface area contributed by atoms with E-state index in [0.717, 1.165) is 24.2 Å². The summed E-state index contributed by atoms with van der Waals surface area (Å²) in [5, 5.41) is 0. The van der Waals surface area contributed by atoms with Crippen LogP contribution in [-0.4, -0.2) is 34.4 Å². The lowest BCUT2D eigenvalue weighted by Crippen LogP contribution is -2.58. The van der Waals surface area contributed by atoms with Gasteiger partial charge in [-0.1, -0.05) is 52.9 Å². The highest BCUT2D eigenvalue weighted by Crippen LogP contribution is 2.64. The Morgan fingerprint density at radius 3 is 2.52 bits per heavy atom. The van der Waals surface area contributed by atoms with Crippen LogP contribution in [0.4, 0.5) is 0 Å². The minimum atomic E-state index is 0.312. The van der Waals surface area contributed by atoms with E-state index in [0.29, 0.717) is 28.6 Å². The fraction of sp³-hybridized carbons (Fsp3) is 0.964. The van der Waals surface area contributed by atoms with Gasteiger partial charge in [-0.15, -0.1) is 11.8 Å². The number of hydrogen-bond donors (Lipinski definition) is 0. The van der Waals surface area contributed by atoms with Gasteiger partial charge in [-0.3, -0.25) is 9.69 Å². The molecule has 3 heteroatoms. The maximum absolute atomic E-state index is 12.4. The molecule has 3 aliphatic carbocycles. The van der Waals surface area contributed by atoms with Crippen molar-refractivity contribution < 1.29 is 4.79 Å². The first-order valence-corrected chi connectivity index (χ1v) is 14.9. The number of unbranched alkanes of at least 4 members (excludes halogenated alkanes) is 5. The van der Waals surface area contributed by atoms with Crippen LogP contribution in [-0.2, 0) is 4.79 Å². The third-order valence-electron chi connectivity index (χ3n) is 10.6. The molecule has 178 valence electrons. The second kappa shape index (κ2) is 10.1. The first kappa shape index (κ1) is 24.1. The van der Waals surface area contributed by atoms with Crippen molar-refractivity contribution in [2.45, 2.75) is 117 Å². The minimum absolute atomic E-state index is 0.312. The lowest BCUT2D eigenvalue weighted by molar-refractivity contribution is -0.147. The number of carbonyl (C=O) groups is 1. The van der Waals surface area contributed by atoms with Crippen molar-refractivity contribution in [1.29, 1.82) is 0 Å². The van der Waals surface area contributed by atoms with Crippen molar-refractivity contribution in [3.05, 3.63) is 0 Å². The zero-order chi connectivity index (χ0) is 22.1. The molecule has 1 aliphatic heterocycles. The molecule has 0 amide bonds. The molecule has 4 fully saturated rings. The van der Waals surface area contributed by atoms with E-state index in [4.69, 9.17) is 0 Å². The van der Waals surface area contributed by atoms with Crippen LogP contribution in [0, 0.1) is 35.0 Å². The molecule has 0 N–H and O–H groups in total. The van der Waals surface area contributed by atoms with Crippen LogP contribution in [0.25, 0.3) is 0 Å². The second-order valence-corrected chi connectivity index (χ2v) is 13.1. The number of Topliss-reactive ketones (excluding diaryl/α,β-unsaturated/α-hetero) is 1. The Bertz CT molecular complexity index is 622. The normalized spacial score (nSPS) is 42.8. The molecule has 4 rings (SSSR count). The summed E-state index contributed by atoms with van der Waals surface area (Å²) in [5.74, 6) is 6.80. The summed E-state index contributed by atoms with van der Waals surface area (Å²) in [5.41, 5.74) is 0.867. The highest BCUT2D eigenvalue weighted by atomic mass is 32.2. The number of thioether (sulfide) groups is 1. The predicted octanol–water partition coefficient (Wildman–Crippen LogP) is 7.56. The molecule has 4 aliphatic rings. The fourth-order valence-corrected chi connectivity index (χ4v) is 9.84. The summed E-state index contributed by atoms with van der Waals surface area (Å²) in [6.45, 7) is 11.1. The van der Waals surface area contributed by atoms with Crippen LogP contribution >= 0.6 is 11.8 Å². The Balaban J connectivity index is 1.31. The summed E-state index contributed by atoms with van der Waals surface area (Å²) in [7, 11) is 0. The van der Waals surface area contributed by atoms with Gasteiger partial charge in [0, 0.05) is 23.8 Å². The number of likely N-dealkylation sites (tertiary alicyclic amines) is 1. The molecule has 1 saturated heterocycles. The van der Waals surface area contributed by atoms with Gasteiger partial charge in [-0.25, -0.2) is 0 Å². The first-order chi connectivity index (χ1) is 14.9. The van der Waals surface area contributed by atoms with E-state index in [1.807, 2.05) is 0 Å². The molecule has 0 aromatic rings. The van der Waals surface area contributed by atoms with Gasteiger partial charge < -0.3 is 0 Å². The van der Waals surface area contributed by atoms with Gasteiger partial charge in [-0.2, -0.15) is 0 Å². The molecule has 2 nitrogen and oxygen atoms in total. The summed E-state index contributed by atoms with van der Waals surface area (Å²) in [6.07, 6.45) is 17.4. The Kier molecular flexibility index (Phi) is 7.84. The number of nitrogens with zero attached hydrogens (tertiary/aromatic N) is 1. The van der Waals surface area contributed by atoms with Crippen LogP contribution in [0.5, 0.6) is 0 Å². The van der Waals surface area contributed by atoms with E-state index < -0.39 is 0 Å². The van der Waals surface area contributed by atoms with Gasteiger partial charge in [0.15, 0.2) is 0 Å². The Hall–Kier alpha value is -0.0200. The summed E-state index contributed by atoms with van der Waals surface area (Å²) in [6, 6.07) is 0. The van der Waals surface area contributed by atoms with E-state index in [-0.39, 0.29) is 0 Å². The quantitative estimate of drug-likeness (QED) is 0.340. The number of fused-ring (bicyclic) bond motifs is 5. The molecule has 0 aromatic heterocycles. The molecule has 1 heterocycles. The van der Waals surface area contributed by atoms with E-state index in [1.165, 1.54) is 95.2 Å². The van der Waals surface area contributed by atoms with Gasteiger partial charge in [0.2, 0.25) is 0 Å². The number of carbonyl (C=O) groups excluding carboxylic acids is 1. The van der Waals surface area contributed by atoms with Crippen LogP contribution in [0.1, 0.15) is 111 Å². The molecule has 0 aromatic carbocycles. The summed E-state index contributed by atoms with van der Waals surface area (Å²) < 4.78 is 0. The van der Waals surface area contributed by atoms with Gasteiger partial charge in [0.05, 0.1) is 0 Å². The molecule has 0 radical (unpaired) electrons. The van der Waals surface area contributed by atoms with Gasteiger partial charge >= 0.3 is 0 Å². The van der Waals surface area contributed by atoms with Crippen LogP contribution < -0.4 is 0 Å². The van der Waals surface area contributed by atoms with Crippen molar-refractivity contribution in [3.63, 3.8) is 0 Å². The average Bonchev–Trinajstić information content (AvgIpc) is 3.09. The minimum Gasteiger partial charge on any atom is -0.299 e. The largest absolute Gasteiger partial charge is 0.299 e. The molecule has 0 spiro atoms. The predicted molar refractivity (Wildman–Crippen MR) is 134 cm³/mol. The van der Waals surface area contributed by atoms with Crippen molar-refractivity contribution in [1.82, 2.24) is 4.90 Å². The first-order valence-electron chi connectivity index (χ1n) is 13.8. The number of rotatable bonds is 9. The van der Waals surface area contributed by atoms with Crippen molar-refractivity contribution in [3.8, 4) is 0 Å². The smallest absolute Gasteiger partial charge is 0.136 e. The molecule has 3 saturated carbocycles. The van der Waals surface area contributed by atoms with Gasteiger partial charge in [0.25, 0.3) is 0 Å². The fourth-order valence-electron chi connectivity index (χ4n) is 8.66. The van der Waals surface area contributed by atoms with Gasteiger partial charge in [0.1, 0.15) is 5.78 Å². The van der Waals surface area contributed by atoms with E-state index in [2.05, 4.69) is 44.4 Å². The van der Waals surface area contributed by atoms with Crippen LogP contribution in [0.2, 0.25) is 0 Å². The average molecular weight is 448 g/mol. The summed E-state index contributed by atoms with van der Waals surface area (Å²) >= 11 is 2.20. The zero-order valence-corrected chi connectivity index (χ0v) is 21.8. The second-order valence-electron chi connectivity index (χ2n) is 12.1. The molecule has 2 unspecified atom stereocenters. The summed E-state index contributed by atoms with van der Waals surface area (Å²) in [4.78, 5) is 15.3. The lowest BCUT2D eigenvalue weighted by atomic mass is 9.44. The monoisotopic (exact) mass is 447 g/mol. The Morgan fingerprint density at radius 2 is 1.71 bits per heavy atom. The molecular formula is C28H49NOS. The maximum Gasteiger partial charge on any atom is 0.136 e. The maximum atomic E-state index is 12.4. The van der Waals surface area contributed by atoms with Crippen molar-refractivity contribution >= 4 is 17.5 Å². The topological polar surface area (TPSA) is 20.3 Å². The third-order valence-corrected chi connectivity index (χ3v) is 11.7. The van der Waals surface area contributed by atoms with E-state index in [1.54, 1.807) is 0 Å². The number of hydrogen-bond acceptors (Lipinski definition) is 3. The third kappa shape index (κ3) is 4.53. The van der Waals surface area contributed by atoms with Crippen molar-refractivity contribution in [2.75, 3.05) is 18.2 Å². The van der Waals surface area contributed by atoms with Gasteiger partial charge in [-0.05, 0) is 93.3 Å². The Morgan fingerprint density at radius 1 is 0.935 bits per heavy atom. The highest BCUT2D eigenvalue weighted by molar-refractivity contribution is 7.99. The number of ketones is 1. The molecule has 7 atom stereocenters. The van der Waals surface area contributed by atoms with Crippen molar-refractivity contribution in [2.24, 2.45) is 35.0 Å². The van der Waals surface area contributed by atoms with Crippen LogP contribution in [0.3, 0.4) is 0 Å². The van der Waals surface area contributed by atoms with E-state index >= 15 is 0 Å². The molecule has 0 bridgehead atoms. The Labute approximate surface area is 197 Å². The van der Waals surface area contributed by atoms with Crippen LogP contribution in [0.15, 0.2) is 0 Å². The standard InChI is InChI=1S/C28H49NOS/c1-5-6-7-8-9-10-19-31-20-29-18-15-25-22-11-12-23-21(2)26(30)14-16-27(23,3)24(22)13-17-28(25,29)4/h21-25H,5-20H2,1-4H3/t21?,22-,23?,24-,25+,27+,28+/m1/s1. The zero-order valence-electron chi connectivity index (χ0n) is 21.0. The molecular weight excluding hydrogens is 398 g/mol.